The molecule has 1 saturated heterocycles. The first-order valence-electron chi connectivity index (χ1n) is 12.0. The zero-order valence-electron chi connectivity index (χ0n) is 20.1. The predicted octanol–water partition coefficient (Wildman–Crippen LogP) is 6.66. The Bertz CT molecular complexity index is 1760. The van der Waals surface area contributed by atoms with Crippen LogP contribution in [-0.2, 0) is 10.3 Å². The number of hydrogen-bond donors (Lipinski definition) is 0. The van der Waals surface area contributed by atoms with Crippen LogP contribution in [0.15, 0.2) is 91.0 Å². The smallest absolute Gasteiger partial charge is 0.272 e. The van der Waals surface area contributed by atoms with Crippen LogP contribution >= 0.6 is 23.2 Å². The first-order chi connectivity index (χ1) is 18.5. The SMILES string of the molecule is COc1ccc(N2C(=O)[C@H](Oc3ccc(Cl)cc3Cl)[C@]23c2ccccc2-c2nc4ccccc4nc23)cc1. The summed E-state index contributed by atoms with van der Waals surface area (Å²) < 4.78 is 11.8. The molecule has 1 amide bonds. The number of β-lactam (4-membered cyclic amide) rings is 1. The van der Waals surface area contributed by atoms with Crippen LogP contribution in [0.1, 0.15) is 11.3 Å². The fourth-order valence-corrected chi connectivity index (χ4v) is 5.96. The van der Waals surface area contributed by atoms with Crippen LogP contribution in [0.4, 0.5) is 5.69 Å². The van der Waals surface area contributed by atoms with Gasteiger partial charge in [0.2, 0.25) is 6.10 Å². The first-order valence-corrected chi connectivity index (χ1v) is 12.7. The Morgan fingerprint density at radius 3 is 2.32 bits per heavy atom. The van der Waals surface area contributed by atoms with Gasteiger partial charge in [0.15, 0.2) is 5.54 Å². The second-order valence-corrected chi connectivity index (χ2v) is 10.0. The summed E-state index contributed by atoms with van der Waals surface area (Å²) in [5.41, 5.74) is 4.30. The van der Waals surface area contributed by atoms with E-state index in [0.717, 1.165) is 27.9 Å². The number of halogens is 2. The Hall–Kier alpha value is -4.13. The molecule has 0 saturated carbocycles. The van der Waals surface area contributed by atoms with Crippen LogP contribution in [-0.4, -0.2) is 29.1 Å². The van der Waals surface area contributed by atoms with Crippen molar-refractivity contribution in [2.75, 3.05) is 12.0 Å². The molecular weight excluding hydrogens is 521 g/mol. The van der Waals surface area contributed by atoms with Crippen molar-refractivity contribution >= 4 is 45.8 Å². The zero-order valence-corrected chi connectivity index (χ0v) is 21.6. The summed E-state index contributed by atoms with van der Waals surface area (Å²) in [6.45, 7) is 0. The van der Waals surface area contributed by atoms with Gasteiger partial charge in [-0.15, -0.1) is 0 Å². The third-order valence-corrected chi connectivity index (χ3v) is 7.70. The molecule has 1 aliphatic carbocycles. The second kappa shape index (κ2) is 8.45. The number of methoxy groups -OCH3 is 1. The predicted molar refractivity (Wildman–Crippen MR) is 147 cm³/mol. The Morgan fingerprint density at radius 2 is 1.58 bits per heavy atom. The number of carbonyl (C=O) groups excluding carboxylic acids is 1. The molecule has 0 radical (unpaired) electrons. The maximum atomic E-state index is 14.0. The van der Waals surface area contributed by atoms with Gasteiger partial charge in [0.25, 0.3) is 5.91 Å². The van der Waals surface area contributed by atoms with E-state index in [1.54, 1.807) is 30.2 Å². The molecule has 7 rings (SSSR count). The molecule has 1 aliphatic heterocycles. The Kier molecular flexibility index (Phi) is 5.12. The van der Waals surface area contributed by atoms with Gasteiger partial charge in [-0.05, 0) is 60.2 Å². The molecule has 0 unspecified atom stereocenters. The van der Waals surface area contributed by atoms with Crippen LogP contribution in [0.5, 0.6) is 11.5 Å². The molecule has 38 heavy (non-hydrogen) atoms. The minimum Gasteiger partial charge on any atom is -0.497 e. The largest absolute Gasteiger partial charge is 0.497 e. The maximum Gasteiger partial charge on any atom is 0.272 e. The summed E-state index contributed by atoms with van der Waals surface area (Å²) in [5.74, 6) is 0.830. The summed E-state index contributed by atoms with van der Waals surface area (Å²) in [6.07, 6.45) is -0.943. The number of hydrogen-bond acceptors (Lipinski definition) is 5. The van der Waals surface area contributed by atoms with Crippen LogP contribution in [0.3, 0.4) is 0 Å². The molecule has 1 fully saturated rings. The van der Waals surface area contributed by atoms with E-state index < -0.39 is 11.6 Å². The zero-order chi connectivity index (χ0) is 26.0. The minimum atomic E-state index is -1.07. The number of amides is 1. The highest BCUT2D eigenvalue weighted by Gasteiger charge is 2.69. The van der Waals surface area contributed by atoms with Gasteiger partial charge in [-0.3, -0.25) is 9.69 Å². The molecule has 2 aliphatic rings. The van der Waals surface area contributed by atoms with Crippen LogP contribution in [0.2, 0.25) is 10.0 Å². The quantitative estimate of drug-likeness (QED) is 0.239. The molecule has 6 nitrogen and oxygen atoms in total. The lowest BCUT2D eigenvalue weighted by Gasteiger charge is -2.54. The van der Waals surface area contributed by atoms with Crippen molar-refractivity contribution in [3.8, 4) is 22.8 Å². The highest BCUT2D eigenvalue weighted by Crippen LogP contribution is 2.58. The lowest BCUT2D eigenvalue weighted by molar-refractivity contribution is -0.139. The molecule has 4 aromatic carbocycles. The summed E-state index contributed by atoms with van der Waals surface area (Å²) in [5, 5.41) is 0.796. The van der Waals surface area contributed by atoms with Crippen molar-refractivity contribution in [1.82, 2.24) is 9.97 Å². The highest BCUT2D eigenvalue weighted by molar-refractivity contribution is 6.35. The van der Waals surface area contributed by atoms with E-state index in [9.17, 15) is 4.79 Å². The average Bonchev–Trinajstić information content (AvgIpc) is 3.23. The molecule has 2 heterocycles. The Balaban J connectivity index is 1.50. The molecule has 0 bridgehead atoms. The van der Waals surface area contributed by atoms with Gasteiger partial charge in [-0.1, -0.05) is 59.6 Å². The summed E-state index contributed by atoms with van der Waals surface area (Å²) in [4.78, 5) is 25.8. The third kappa shape index (κ3) is 3.11. The van der Waals surface area contributed by atoms with E-state index in [4.69, 9.17) is 42.6 Å². The van der Waals surface area contributed by atoms with E-state index in [1.165, 1.54) is 0 Å². The topological polar surface area (TPSA) is 64.5 Å². The van der Waals surface area contributed by atoms with Crippen LogP contribution in [0.25, 0.3) is 22.3 Å². The number of carbonyl (C=O) groups is 1. The van der Waals surface area contributed by atoms with E-state index in [-0.39, 0.29) is 5.91 Å². The lowest BCUT2D eigenvalue weighted by atomic mass is 9.74. The monoisotopic (exact) mass is 539 g/mol. The number of fused-ring (bicyclic) bond motifs is 6. The first kappa shape index (κ1) is 23.0. The number of anilines is 1. The van der Waals surface area contributed by atoms with Gasteiger partial charge in [0.1, 0.15) is 17.2 Å². The number of para-hydroxylation sites is 2. The van der Waals surface area contributed by atoms with Gasteiger partial charge in [-0.2, -0.15) is 0 Å². The molecule has 8 heteroatoms. The van der Waals surface area contributed by atoms with Crippen molar-refractivity contribution in [3.63, 3.8) is 0 Å². The second-order valence-electron chi connectivity index (χ2n) is 9.17. The Morgan fingerprint density at radius 1 is 0.868 bits per heavy atom. The number of nitrogens with zero attached hydrogens (tertiary/aromatic N) is 3. The molecule has 1 spiro atoms. The fraction of sp³-hybridized carbons (Fsp3) is 0.100. The molecule has 5 aromatic rings. The van der Waals surface area contributed by atoms with Crippen molar-refractivity contribution in [1.29, 1.82) is 0 Å². The number of aromatic nitrogens is 2. The van der Waals surface area contributed by atoms with E-state index in [0.29, 0.717) is 32.9 Å². The maximum absolute atomic E-state index is 14.0. The number of ether oxygens (including phenoxy) is 2. The molecular formula is C30H19Cl2N3O3. The summed E-state index contributed by atoms with van der Waals surface area (Å²) in [7, 11) is 1.61. The van der Waals surface area contributed by atoms with Crippen molar-refractivity contribution in [3.05, 3.63) is 112 Å². The van der Waals surface area contributed by atoms with Gasteiger partial charge in [0, 0.05) is 16.3 Å². The van der Waals surface area contributed by atoms with Crippen molar-refractivity contribution in [2.45, 2.75) is 11.6 Å². The van der Waals surface area contributed by atoms with E-state index in [1.807, 2.05) is 72.8 Å². The number of rotatable bonds is 4. The van der Waals surface area contributed by atoms with Gasteiger partial charge in [0.05, 0.1) is 28.9 Å². The van der Waals surface area contributed by atoms with Crippen LogP contribution in [0, 0.1) is 0 Å². The third-order valence-electron chi connectivity index (χ3n) is 7.17. The van der Waals surface area contributed by atoms with Gasteiger partial charge in [-0.25, -0.2) is 9.97 Å². The van der Waals surface area contributed by atoms with E-state index in [2.05, 4.69) is 0 Å². The lowest BCUT2D eigenvalue weighted by Crippen LogP contribution is -2.74. The van der Waals surface area contributed by atoms with Crippen molar-refractivity contribution in [2.24, 2.45) is 0 Å². The van der Waals surface area contributed by atoms with E-state index >= 15 is 0 Å². The molecule has 186 valence electrons. The van der Waals surface area contributed by atoms with Crippen molar-refractivity contribution < 1.29 is 14.3 Å². The normalized spacial score (nSPS) is 19.3. The van der Waals surface area contributed by atoms with Crippen LogP contribution < -0.4 is 14.4 Å². The molecule has 1 aromatic heterocycles. The molecule has 2 atom stereocenters. The minimum absolute atomic E-state index is 0.223. The Labute approximate surface area is 228 Å². The highest BCUT2D eigenvalue weighted by atomic mass is 35.5. The van der Waals surface area contributed by atoms with Gasteiger partial charge < -0.3 is 9.47 Å². The van der Waals surface area contributed by atoms with Gasteiger partial charge >= 0.3 is 0 Å². The summed E-state index contributed by atoms with van der Waals surface area (Å²) >= 11 is 12.6. The standard InChI is InChI=1S/C30H19Cl2N3O3/c1-37-19-13-11-18(12-14-19)35-29(36)28(38-25-15-10-17(31)16-22(25)32)30(35)21-7-3-2-6-20(21)26-27(30)34-24-9-5-4-8-23(24)33-26/h2-16,28H,1H3/t28-,30+/m0/s1. The average molecular weight is 540 g/mol. The fourth-order valence-electron chi connectivity index (χ4n) is 5.51. The number of benzene rings is 4. The molecule has 0 N–H and O–H groups in total. The summed E-state index contributed by atoms with van der Waals surface area (Å²) in [6, 6.07) is 28.0.